The van der Waals surface area contributed by atoms with Crippen molar-refractivity contribution in [1.29, 1.82) is 0 Å². The number of thioether (sulfide) groups is 1. The van der Waals surface area contributed by atoms with Crippen LogP contribution in [-0.4, -0.2) is 40.4 Å². The molecule has 1 aliphatic rings. The van der Waals surface area contributed by atoms with E-state index in [1.165, 1.54) is 22.2 Å². The molecule has 0 aliphatic carbocycles. The number of hydrogen-bond donors (Lipinski definition) is 0. The number of fused-ring (bicyclic) bond motifs is 3. The molecule has 2 aromatic heterocycles. The summed E-state index contributed by atoms with van der Waals surface area (Å²) in [5.74, 6) is 1.41. The van der Waals surface area contributed by atoms with E-state index in [2.05, 4.69) is 18.4 Å². The number of benzene rings is 1. The van der Waals surface area contributed by atoms with Gasteiger partial charge in [-0.25, -0.2) is 4.98 Å². The maximum absolute atomic E-state index is 13.6. The minimum atomic E-state index is 0.00673. The van der Waals surface area contributed by atoms with Crippen molar-refractivity contribution in [3.8, 4) is 11.4 Å². The van der Waals surface area contributed by atoms with Crippen molar-refractivity contribution >= 4 is 33.3 Å². The van der Waals surface area contributed by atoms with Gasteiger partial charge in [-0.15, -0.1) is 17.9 Å². The van der Waals surface area contributed by atoms with E-state index < -0.39 is 0 Å². The van der Waals surface area contributed by atoms with Crippen molar-refractivity contribution in [2.24, 2.45) is 0 Å². The Hall–Kier alpha value is -2.09. The Balaban J connectivity index is 1.95. The molecule has 0 saturated heterocycles. The summed E-state index contributed by atoms with van der Waals surface area (Å²) in [6, 6.07) is 7.58. The Morgan fingerprint density at radius 1 is 1.43 bits per heavy atom. The van der Waals surface area contributed by atoms with Crippen LogP contribution in [0.5, 0.6) is 5.75 Å². The van der Waals surface area contributed by atoms with Crippen molar-refractivity contribution in [3.05, 3.63) is 57.7 Å². The van der Waals surface area contributed by atoms with Gasteiger partial charge in [0.25, 0.3) is 5.56 Å². The molecule has 3 aromatic rings. The van der Waals surface area contributed by atoms with E-state index >= 15 is 0 Å². The molecule has 1 aromatic carbocycles. The number of hydrogen-bond acceptors (Lipinski definition) is 6. The first-order chi connectivity index (χ1) is 13.7. The number of likely N-dealkylation sites (N-methyl/N-ethyl adjacent to an activating group) is 1. The zero-order valence-electron chi connectivity index (χ0n) is 16.1. The molecule has 5 nitrogen and oxygen atoms in total. The largest absolute Gasteiger partial charge is 0.497 e. The lowest BCUT2D eigenvalue weighted by Crippen LogP contribution is -2.30. The minimum absolute atomic E-state index is 0.00673. The van der Waals surface area contributed by atoms with Crippen LogP contribution in [0.3, 0.4) is 0 Å². The first-order valence-corrected chi connectivity index (χ1v) is 11.1. The van der Waals surface area contributed by atoms with E-state index in [1.54, 1.807) is 23.0 Å². The molecule has 146 valence electrons. The average molecular weight is 414 g/mol. The molecule has 0 radical (unpaired) electrons. The Morgan fingerprint density at radius 3 is 3.04 bits per heavy atom. The highest BCUT2D eigenvalue weighted by atomic mass is 32.2. The Kier molecular flexibility index (Phi) is 5.57. The van der Waals surface area contributed by atoms with Crippen LogP contribution in [0.4, 0.5) is 0 Å². The van der Waals surface area contributed by atoms with Gasteiger partial charge in [-0.3, -0.25) is 14.3 Å². The third-order valence-corrected chi connectivity index (χ3v) is 7.06. The SMILES string of the molecule is C=CCSc1nc2sc3c(c2c(=O)n1-c1cccc(OC)c1)CCN(CC)C3. The summed E-state index contributed by atoms with van der Waals surface area (Å²) < 4.78 is 7.08. The van der Waals surface area contributed by atoms with E-state index in [9.17, 15) is 4.79 Å². The van der Waals surface area contributed by atoms with Crippen LogP contribution in [-0.2, 0) is 13.0 Å². The second-order valence-corrected chi connectivity index (χ2v) is 8.71. The molecular weight excluding hydrogens is 390 g/mol. The van der Waals surface area contributed by atoms with Gasteiger partial charge in [-0.1, -0.05) is 30.8 Å². The molecule has 0 amide bonds. The maximum atomic E-state index is 13.6. The molecular formula is C21H23N3O2S2. The molecule has 0 fully saturated rings. The molecule has 0 atom stereocenters. The van der Waals surface area contributed by atoms with Gasteiger partial charge in [-0.05, 0) is 30.7 Å². The van der Waals surface area contributed by atoms with E-state index in [-0.39, 0.29) is 5.56 Å². The number of nitrogens with zero attached hydrogens (tertiary/aromatic N) is 3. The van der Waals surface area contributed by atoms with E-state index in [1.807, 2.05) is 30.3 Å². The first-order valence-electron chi connectivity index (χ1n) is 9.34. The smallest absolute Gasteiger partial charge is 0.267 e. The van der Waals surface area contributed by atoms with Crippen molar-refractivity contribution in [2.45, 2.75) is 25.0 Å². The summed E-state index contributed by atoms with van der Waals surface area (Å²) in [4.78, 5) is 23.1. The summed E-state index contributed by atoms with van der Waals surface area (Å²) in [5.41, 5.74) is 1.96. The second kappa shape index (κ2) is 8.11. The molecule has 0 bridgehead atoms. The fourth-order valence-electron chi connectivity index (χ4n) is 3.55. The molecule has 28 heavy (non-hydrogen) atoms. The first kappa shape index (κ1) is 19.2. The summed E-state index contributed by atoms with van der Waals surface area (Å²) in [7, 11) is 1.63. The van der Waals surface area contributed by atoms with Gasteiger partial charge < -0.3 is 4.74 Å². The van der Waals surface area contributed by atoms with Crippen molar-refractivity contribution in [3.63, 3.8) is 0 Å². The number of ether oxygens (including phenoxy) is 1. The number of rotatable bonds is 6. The molecule has 0 spiro atoms. The summed E-state index contributed by atoms with van der Waals surface area (Å²) in [6.07, 6.45) is 2.73. The van der Waals surface area contributed by atoms with Crippen LogP contribution >= 0.6 is 23.1 Å². The normalized spacial score (nSPS) is 14.2. The second-order valence-electron chi connectivity index (χ2n) is 6.64. The van der Waals surface area contributed by atoms with Gasteiger partial charge >= 0.3 is 0 Å². The highest BCUT2D eigenvalue weighted by Gasteiger charge is 2.25. The van der Waals surface area contributed by atoms with Crippen LogP contribution in [0.25, 0.3) is 15.9 Å². The molecule has 7 heteroatoms. The maximum Gasteiger partial charge on any atom is 0.267 e. The molecule has 1 aliphatic heterocycles. The highest BCUT2D eigenvalue weighted by Crippen LogP contribution is 2.34. The fraction of sp³-hybridized carbons (Fsp3) is 0.333. The Morgan fingerprint density at radius 2 is 2.29 bits per heavy atom. The van der Waals surface area contributed by atoms with Crippen LogP contribution in [0.1, 0.15) is 17.4 Å². The lowest BCUT2D eigenvalue weighted by Gasteiger charge is -2.25. The zero-order chi connectivity index (χ0) is 19.7. The van der Waals surface area contributed by atoms with Crippen molar-refractivity contribution in [1.82, 2.24) is 14.5 Å². The van der Waals surface area contributed by atoms with E-state index in [0.717, 1.165) is 47.7 Å². The molecule has 0 saturated carbocycles. The van der Waals surface area contributed by atoms with Gasteiger partial charge in [-0.2, -0.15) is 0 Å². The van der Waals surface area contributed by atoms with Crippen molar-refractivity contribution in [2.75, 3.05) is 26.0 Å². The van der Waals surface area contributed by atoms with Gasteiger partial charge in [0.2, 0.25) is 0 Å². The Labute approximate surface area is 172 Å². The predicted molar refractivity (Wildman–Crippen MR) is 117 cm³/mol. The molecule has 3 heterocycles. The number of thiophene rings is 1. The van der Waals surface area contributed by atoms with Crippen LogP contribution in [0.2, 0.25) is 0 Å². The van der Waals surface area contributed by atoms with E-state index in [0.29, 0.717) is 10.9 Å². The van der Waals surface area contributed by atoms with Gasteiger partial charge in [0.15, 0.2) is 5.16 Å². The fourth-order valence-corrected chi connectivity index (χ4v) is 5.60. The summed E-state index contributed by atoms with van der Waals surface area (Å²) >= 11 is 3.19. The summed E-state index contributed by atoms with van der Waals surface area (Å²) in [5, 5.41) is 1.47. The lowest BCUT2D eigenvalue weighted by molar-refractivity contribution is 0.272. The number of aromatic nitrogens is 2. The molecule has 0 N–H and O–H groups in total. The molecule has 0 unspecified atom stereocenters. The summed E-state index contributed by atoms with van der Waals surface area (Å²) in [6.45, 7) is 8.89. The quantitative estimate of drug-likeness (QED) is 0.346. The predicted octanol–water partition coefficient (Wildman–Crippen LogP) is 4.11. The van der Waals surface area contributed by atoms with Crippen LogP contribution < -0.4 is 10.3 Å². The third-order valence-electron chi connectivity index (χ3n) is 5.01. The zero-order valence-corrected chi connectivity index (χ0v) is 17.7. The monoisotopic (exact) mass is 413 g/mol. The Bertz CT molecular complexity index is 1090. The number of methoxy groups -OCH3 is 1. The van der Waals surface area contributed by atoms with Crippen LogP contribution in [0, 0.1) is 0 Å². The minimum Gasteiger partial charge on any atom is -0.497 e. The molecule has 4 rings (SSSR count). The topological polar surface area (TPSA) is 47.4 Å². The highest BCUT2D eigenvalue weighted by molar-refractivity contribution is 7.99. The van der Waals surface area contributed by atoms with Crippen LogP contribution in [0.15, 0.2) is 46.9 Å². The van der Waals surface area contributed by atoms with Crippen molar-refractivity contribution < 1.29 is 4.74 Å². The van der Waals surface area contributed by atoms with Gasteiger partial charge in [0, 0.05) is 29.8 Å². The van der Waals surface area contributed by atoms with E-state index in [4.69, 9.17) is 9.72 Å². The average Bonchev–Trinajstić information content (AvgIpc) is 3.09. The standard InChI is InChI=1S/C21H23N3O2S2/c1-4-11-27-21-22-19-18(16-9-10-23(5-2)13-17(16)28-19)20(25)24(21)14-7-6-8-15(12-14)26-3/h4,6-8,12H,1,5,9-11,13H2,2-3H3. The van der Waals surface area contributed by atoms with Gasteiger partial charge in [0.05, 0.1) is 18.2 Å². The third kappa shape index (κ3) is 3.38. The van der Waals surface area contributed by atoms with Gasteiger partial charge in [0.1, 0.15) is 10.6 Å². The lowest BCUT2D eigenvalue weighted by atomic mass is 10.1.